The molecule has 6 nitrogen and oxygen atoms in total. The molecule has 168 valence electrons. The van der Waals surface area contributed by atoms with Crippen molar-refractivity contribution in [3.63, 3.8) is 0 Å². The number of anilines is 2. The summed E-state index contributed by atoms with van der Waals surface area (Å²) in [5.74, 6) is 1.42. The molecule has 1 amide bonds. The zero-order chi connectivity index (χ0) is 22.7. The molecule has 0 aliphatic carbocycles. The average molecular weight is 435 g/mol. The van der Waals surface area contributed by atoms with Gasteiger partial charge in [0.1, 0.15) is 17.1 Å². The molecule has 4 rings (SSSR count). The molecule has 32 heavy (non-hydrogen) atoms. The smallest absolute Gasteiger partial charge is 0.248 e. The second kappa shape index (κ2) is 9.49. The summed E-state index contributed by atoms with van der Waals surface area (Å²) < 4.78 is 17.1. The van der Waals surface area contributed by atoms with Crippen LogP contribution in [0.2, 0.25) is 0 Å². The topological polar surface area (TPSA) is 63.9 Å². The van der Waals surface area contributed by atoms with Crippen LogP contribution in [-0.4, -0.2) is 38.8 Å². The SMILES string of the molecule is CCOc1cc2oc(C)c(C)c2cc1/C(C)=C/C(=O)Nc1ccc(N2CCOCC2)cc1. The molecule has 2 aromatic carbocycles. The quantitative estimate of drug-likeness (QED) is 0.532. The van der Waals surface area contributed by atoms with E-state index in [1.807, 2.05) is 64.1 Å². The van der Waals surface area contributed by atoms with E-state index in [1.165, 1.54) is 0 Å². The summed E-state index contributed by atoms with van der Waals surface area (Å²) in [5.41, 5.74) is 5.51. The molecule has 0 saturated carbocycles. The molecular weight excluding hydrogens is 404 g/mol. The number of morpholine rings is 1. The van der Waals surface area contributed by atoms with Gasteiger partial charge in [0, 0.05) is 47.6 Å². The van der Waals surface area contributed by atoms with Gasteiger partial charge >= 0.3 is 0 Å². The van der Waals surface area contributed by atoms with Crippen LogP contribution < -0.4 is 15.0 Å². The predicted molar refractivity (Wildman–Crippen MR) is 129 cm³/mol. The lowest BCUT2D eigenvalue weighted by Gasteiger charge is -2.28. The summed E-state index contributed by atoms with van der Waals surface area (Å²) >= 11 is 0. The van der Waals surface area contributed by atoms with Crippen LogP contribution in [-0.2, 0) is 9.53 Å². The van der Waals surface area contributed by atoms with Gasteiger partial charge in [-0.3, -0.25) is 4.79 Å². The molecule has 6 heteroatoms. The molecule has 1 aliphatic heterocycles. The van der Waals surface area contributed by atoms with Crippen LogP contribution in [0.1, 0.15) is 30.7 Å². The monoisotopic (exact) mass is 434 g/mol. The number of hydrogen-bond donors (Lipinski definition) is 1. The second-order valence-corrected chi connectivity index (χ2v) is 8.02. The lowest BCUT2D eigenvalue weighted by molar-refractivity contribution is -0.111. The highest BCUT2D eigenvalue weighted by atomic mass is 16.5. The Morgan fingerprint density at radius 1 is 1.16 bits per heavy atom. The first-order chi connectivity index (χ1) is 15.5. The molecular formula is C26H30N2O4. The molecule has 0 atom stereocenters. The van der Waals surface area contributed by atoms with E-state index in [2.05, 4.69) is 10.2 Å². The second-order valence-electron chi connectivity index (χ2n) is 8.02. The van der Waals surface area contributed by atoms with Crippen molar-refractivity contribution in [2.45, 2.75) is 27.7 Å². The van der Waals surface area contributed by atoms with Gasteiger partial charge in [-0.2, -0.15) is 0 Å². The van der Waals surface area contributed by atoms with Crippen molar-refractivity contribution in [3.8, 4) is 5.75 Å². The third-order valence-electron chi connectivity index (χ3n) is 5.86. The molecule has 1 aromatic heterocycles. The van der Waals surface area contributed by atoms with E-state index in [1.54, 1.807) is 6.08 Å². The standard InChI is InChI=1S/C26H30N2O4/c1-5-31-24-16-25-23(18(3)19(4)32-25)15-22(24)17(2)14-26(29)27-20-6-8-21(9-7-20)28-10-12-30-13-11-28/h6-9,14-16H,5,10-13H2,1-4H3,(H,27,29)/b17-14+. The summed E-state index contributed by atoms with van der Waals surface area (Å²) in [5, 5.41) is 3.99. The van der Waals surface area contributed by atoms with Crippen LogP contribution in [0.4, 0.5) is 11.4 Å². The number of ether oxygens (including phenoxy) is 2. The van der Waals surface area contributed by atoms with Gasteiger partial charge in [-0.25, -0.2) is 0 Å². The van der Waals surface area contributed by atoms with E-state index in [0.717, 1.165) is 71.1 Å². The molecule has 3 aromatic rings. The number of carbonyl (C=O) groups is 1. The lowest BCUT2D eigenvalue weighted by Crippen LogP contribution is -2.36. The van der Waals surface area contributed by atoms with Crippen LogP contribution >= 0.6 is 0 Å². The van der Waals surface area contributed by atoms with E-state index in [-0.39, 0.29) is 5.91 Å². The Bertz CT molecular complexity index is 1140. The van der Waals surface area contributed by atoms with Crippen molar-refractivity contribution in [2.24, 2.45) is 0 Å². The van der Waals surface area contributed by atoms with Gasteiger partial charge in [-0.05, 0) is 69.2 Å². The minimum absolute atomic E-state index is 0.177. The van der Waals surface area contributed by atoms with Crippen molar-refractivity contribution < 1.29 is 18.7 Å². The molecule has 1 saturated heterocycles. The molecule has 1 aliphatic rings. The molecule has 1 N–H and O–H groups in total. The zero-order valence-electron chi connectivity index (χ0n) is 19.2. The highest BCUT2D eigenvalue weighted by Gasteiger charge is 2.15. The van der Waals surface area contributed by atoms with Crippen molar-refractivity contribution in [1.82, 2.24) is 0 Å². The first kappa shape index (κ1) is 22.0. The van der Waals surface area contributed by atoms with Crippen LogP contribution in [0.5, 0.6) is 5.75 Å². The van der Waals surface area contributed by atoms with Crippen LogP contribution in [0.15, 0.2) is 46.9 Å². The van der Waals surface area contributed by atoms with Gasteiger partial charge < -0.3 is 24.1 Å². The van der Waals surface area contributed by atoms with Gasteiger partial charge in [0.25, 0.3) is 0 Å². The highest BCUT2D eigenvalue weighted by molar-refractivity contribution is 6.04. The third kappa shape index (κ3) is 4.65. The summed E-state index contributed by atoms with van der Waals surface area (Å²) in [6.45, 7) is 11.7. The fourth-order valence-electron chi connectivity index (χ4n) is 3.98. The predicted octanol–water partition coefficient (Wildman–Crippen LogP) is 5.33. The summed E-state index contributed by atoms with van der Waals surface area (Å²) in [4.78, 5) is 15.0. The van der Waals surface area contributed by atoms with Gasteiger partial charge in [0.2, 0.25) is 5.91 Å². The number of nitrogens with zero attached hydrogens (tertiary/aromatic N) is 1. The summed E-state index contributed by atoms with van der Waals surface area (Å²) in [6, 6.07) is 11.9. The largest absolute Gasteiger partial charge is 0.493 e. The van der Waals surface area contributed by atoms with Crippen molar-refractivity contribution in [1.29, 1.82) is 0 Å². The van der Waals surface area contributed by atoms with Crippen molar-refractivity contribution in [2.75, 3.05) is 43.1 Å². The van der Waals surface area contributed by atoms with Crippen LogP contribution in [0.3, 0.4) is 0 Å². The number of carbonyl (C=O) groups excluding carboxylic acids is 1. The molecule has 2 heterocycles. The molecule has 0 unspecified atom stereocenters. The number of amides is 1. The molecule has 0 bridgehead atoms. The van der Waals surface area contributed by atoms with Gasteiger partial charge in [-0.1, -0.05) is 0 Å². The Morgan fingerprint density at radius 3 is 2.56 bits per heavy atom. The Balaban J connectivity index is 1.53. The Labute approximate surface area is 188 Å². The van der Waals surface area contributed by atoms with Gasteiger partial charge in [0.15, 0.2) is 0 Å². The lowest BCUT2D eigenvalue weighted by atomic mass is 10.0. The van der Waals surface area contributed by atoms with E-state index < -0.39 is 0 Å². The van der Waals surface area contributed by atoms with E-state index in [0.29, 0.717) is 12.4 Å². The average Bonchev–Trinajstić information content (AvgIpc) is 3.07. The molecule has 0 radical (unpaired) electrons. The molecule has 0 spiro atoms. The van der Waals surface area contributed by atoms with Crippen molar-refractivity contribution >= 4 is 33.8 Å². The Hall–Kier alpha value is -3.25. The van der Waals surface area contributed by atoms with E-state index >= 15 is 0 Å². The number of allylic oxidation sites excluding steroid dienone is 1. The highest BCUT2D eigenvalue weighted by Crippen LogP contribution is 2.35. The number of aryl methyl sites for hydroxylation is 2. The number of nitrogens with one attached hydrogen (secondary N) is 1. The van der Waals surface area contributed by atoms with Gasteiger partial charge in [-0.15, -0.1) is 0 Å². The van der Waals surface area contributed by atoms with Crippen LogP contribution in [0, 0.1) is 13.8 Å². The summed E-state index contributed by atoms with van der Waals surface area (Å²) in [7, 11) is 0. The molecule has 1 fully saturated rings. The number of hydrogen-bond acceptors (Lipinski definition) is 5. The minimum atomic E-state index is -0.177. The Kier molecular flexibility index (Phi) is 6.51. The first-order valence-electron chi connectivity index (χ1n) is 11.0. The number of benzene rings is 2. The number of furan rings is 1. The first-order valence-corrected chi connectivity index (χ1v) is 11.0. The normalized spacial score (nSPS) is 14.6. The van der Waals surface area contributed by atoms with E-state index in [4.69, 9.17) is 13.9 Å². The summed E-state index contributed by atoms with van der Waals surface area (Å²) in [6.07, 6.45) is 1.61. The van der Waals surface area contributed by atoms with E-state index in [9.17, 15) is 4.79 Å². The minimum Gasteiger partial charge on any atom is -0.493 e. The Morgan fingerprint density at radius 2 is 1.88 bits per heavy atom. The third-order valence-corrected chi connectivity index (χ3v) is 5.86. The maximum atomic E-state index is 12.7. The van der Waals surface area contributed by atoms with Crippen LogP contribution in [0.25, 0.3) is 16.5 Å². The fourth-order valence-corrected chi connectivity index (χ4v) is 3.98. The van der Waals surface area contributed by atoms with Crippen molar-refractivity contribution in [3.05, 3.63) is 59.4 Å². The maximum absolute atomic E-state index is 12.7. The number of rotatable bonds is 6. The fraction of sp³-hybridized carbons (Fsp3) is 0.346. The maximum Gasteiger partial charge on any atom is 0.248 e. The number of fused-ring (bicyclic) bond motifs is 1. The van der Waals surface area contributed by atoms with Gasteiger partial charge in [0.05, 0.1) is 19.8 Å². The zero-order valence-corrected chi connectivity index (χ0v) is 19.2.